The number of hydrogen-bond acceptors (Lipinski definition) is 6. The molecule has 1 aromatic heterocycles. The van der Waals surface area contributed by atoms with Crippen LogP contribution in [-0.2, 0) is 4.79 Å². The Balaban J connectivity index is 1.71. The number of rotatable bonds is 8. The van der Waals surface area contributed by atoms with Crippen molar-refractivity contribution >= 4 is 29.3 Å². The van der Waals surface area contributed by atoms with Gasteiger partial charge >= 0.3 is 5.97 Å². The van der Waals surface area contributed by atoms with Crippen LogP contribution < -0.4 is 10.1 Å². The maximum atomic E-state index is 13.0. The number of aromatic nitrogens is 1. The molecular formula is C30H25N3O4S. The quantitative estimate of drug-likeness (QED) is 0.256. The molecule has 38 heavy (non-hydrogen) atoms. The summed E-state index contributed by atoms with van der Waals surface area (Å²) in [6, 6.07) is 25.6. The second kappa shape index (κ2) is 11.6. The molecule has 190 valence electrons. The Bertz CT molecular complexity index is 1530. The van der Waals surface area contributed by atoms with Crippen LogP contribution >= 0.6 is 11.8 Å². The smallest absolute Gasteiger partial charge is 0.335 e. The standard InChI is InChI=1S/C30H25N3O4S/c1-18-7-9-20(10-8-18)25-16-27(21-11-13-24(37-3)14-12-21)33-29(26(25)17-31)38-19(2)28(34)32-23-6-4-5-22(15-23)30(35)36/h4-16,19H,1-3H3,(H,32,34)(H,35,36). The average Bonchev–Trinajstić information content (AvgIpc) is 2.93. The number of benzene rings is 3. The lowest BCUT2D eigenvalue weighted by Gasteiger charge is -2.16. The molecule has 4 rings (SSSR count). The summed E-state index contributed by atoms with van der Waals surface area (Å²) in [6.45, 7) is 3.72. The highest BCUT2D eigenvalue weighted by Gasteiger charge is 2.22. The molecule has 0 aliphatic heterocycles. The van der Waals surface area contributed by atoms with Gasteiger partial charge < -0.3 is 15.2 Å². The Hall–Kier alpha value is -4.61. The summed E-state index contributed by atoms with van der Waals surface area (Å²) in [4.78, 5) is 29.1. The van der Waals surface area contributed by atoms with Crippen LogP contribution in [0, 0.1) is 18.3 Å². The number of aromatic carboxylic acids is 1. The predicted octanol–water partition coefficient (Wildman–Crippen LogP) is 6.42. The van der Waals surface area contributed by atoms with Gasteiger partial charge in [-0.3, -0.25) is 4.79 Å². The third-order valence-electron chi connectivity index (χ3n) is 5.88. The van der Waals surface area contributed by atoms with Crippen LogP contribution in [0.1, 0.15) is 28.4 Å². The van der Waals surface area contributed by atoms with E-state index < -0.39 is 11.2 Å². The van der Waals surface area contributed by atoms with Crippen molar-refractivity contribution in [2.45, 2.75) is 24.1 Å². The van der Waals surface area contributed by atoms with Crippen molar-refractivity contribution in [3.8, 4) is 34.2 Å². The zero-order valence-electron chi connectivity index (χ0n) is 21.1. The minimum atomic E-state index is -1.08. The molecule has 1 atom stereocenters. The summed E-state index contributed by atoms with van der Waals surface area (Å²) < 4.78 is 5.27. The molecular weight excluding hydrogens is 498 g/mol. The van der Waals surface area contributed by atoms with Crippen molar-refractivity contribution in [2.75, 3.05) is 12.4 Å². The molecule has 8 heteroatoms. The van der Waals surface area contributed by atoms with Crippen LogP contribution in [0.5, 0.6) is 5.75 Å². The lowest BCUT2D eigenvalue weighted by molar-refractivity contribution is -0.115. The number of carboxylic acid groups (broad SMARTS) is 1. The summed E-state index contributed by atoms with van der Waals surface area (Å²) in [6.07, 6.45) is 0. The third kappa shape index (κ3) is 6.02. The van der Waals surface area contributed by atoms with Gasteiger partial charge in [0.1, 0.15) is 16.8 Å². The maximum Gasteiger partial charge on any atom is 0.335 e. The van der Waals surface area contributed by atoms with E-state index in [1.165, 1.54) is 23.9 Å². The molecule has 2 N–H and O–H groups in total. The first kappa shape index (κ1) is 26.5. The number of carboxylic acids is 1. The van der Waals surface area contributed by atoms with Gasteiger partial charge in [-0.05, 0) is 67.9 Å². The average molecular weight is 524 g/mol. The summed E-state index contributed by atoms with van der Waals surface area (Å²) in [5, 5.41) is 21.9. The molecule has 4 aromatic rings. The van der Waals surface area contributed by atoms with Gasteiger partial charge in [0.05, 0.1) is 29.2 Å². The molecule has 1 unspecified atom stereocenters. The zero-order chi connectivity index (χ0) is 27.2. The molecule has 3 aromatic carbocycles. The largest absolute Gasteiger partial charge is 0.497 e. The number of anilines is 1. The first-order valence-corrected chi connectivity index (χ1v) is 12.6. The highest BCUT2D eigenvalue weighted by Crippen LogP contribution is 2.36. The van der Waals surface area contributed by atoms with E-state index in [0.717, 1.165) is 22.3 Å². The van der Waals surface area contributed by atoms with Crippen molar-refractivity contribution in [3.63, 3.8) is 0 Å². The molecule has 0 aliphatic carbocycles. The number of nitrogens with one attached hydrogen (secondary N) is 1. The molecule has 1 amide bonds. The van der Waals surface area contributed by atoms with E-state index in [1.54, 1.807) is 26.2 Å². The third-order valence-corrected chi connectivity index (χ3v) is 6.97. The number of carbonyl (C=O) groups excluding carboxylic acids is 1. The zero-order valence-corrected chi connectivity index (χ0v) is 21.9. The number of aryl methyl sites for hydroxylation is 1. The number of hydrogen-bond donors (Lipinski definition) is 2. The van der Waals surface area contributed by atoms with E-state index in [1.807, 2.05) is 61.5 Å². The van der Waals surface area contributed by atoms with E-state index >= 15 is 0 Å². The number of pyridine rings is 1. The molecule has 0 aliphatic rings. The first-order valence-electron chi connectivity index (χ1n) is 11.8. The normalized spacial score (nSPS) is 11.3. The Morgan fingerprint density at radius 3 is 2.34 bits per heavy atom. The number of ether oxygens (including phenoxy) is 1. The number of amides is 1. The van der Waals surface area contributed by atoms with Crippen molar-refractivity contribution < 1.29 is 19.4 Å². The van der Waals surface area contributed by atoms with E-state index in [4.69, 9.17) is 9.72 Å². The summed E-state index contributed by atoms with van der Waals surface area (Å²) in [7, 11) is 1.60. The fourth-order valence-electron chi connectivity index (χ4n) is 3.78. The second-order valence-electron chi connectivity index (χ2n) is 8.58. The Morgan fingerprint density at radius 2 is 1.71 bits per heavy atom. The van der Waals surface area contributed by atoms with Crippen molar-refractivity contribution in [1.29, 1.82) is 5.26 Å². The molecule has 0 saturated carbocycles. The van der Waals surface area contributed by atoms with Gasteiger partial charge in [-0.1, -0.05) is 47.7 Å². The summed E-state index contributed by atoms with van der Waals surface area (Å²) >= 11 is 1.17. The van der Waals surface area contributed by atoms with Crippen molar-refractivity contribution in [3.05, 3.63) is 95.6 Å². The topological polar surface area (TPSA) is 112 Å². The number of carbonyl (C=O) groups is 2. The van der Waals surface area contributed by atoms with E-state index in [0.29, 0.717) is 27.7 Å². The van der Waals surface area contributed by atoms with E-state index in [2.05, 4.69) is 11.4 Å². The van der Waals surface area contributed by atoms with Crippen molar-refractivity contribution in [1.82, 2.24) is 4.98 Å². The van der Waals surface area contributed by atoms with E-state index in [9.17, 15) is 20.0 Å². The highest BCUT2D eigenvalue weighted by atomic mass is 32.2. The molecule has 1 heterocycles. The number of nitriles is 1. The summed E-state index contributed by atoms with van der Waals surface area (Å²) in [5.41, 5.74) is 5.02. The molecule has 0 radical (unpaired) electrons. The van der Waals surface area contributed by atoms with Gasteiger partial charge in [0.15, 0.2) is 0 Å². The summed E-state index contributed by atoms with van der Waals surface area (Å²) in [5.74, 6) is -0.701. The van der Waals surface area contributed by atoms with Crippen LogP contribution in [0.15, 0.2) is 83.9 Å². The molecule has 0 saturated heterocycles. The van der Waals surface area contributed by atoms with Crippen LogP contribution in [0.25, 0.3) is 22.4 Å². The minimum Gasteiger partial charge on any atom is -0.497 e. The van der Waals surface area contributed by atoms with Crippen LogP contribution in [0.3, 0.4) is 0 Å². The van der Waals surface area contributed by atoms with E-state index in [-0.39, 0.29) is 11.5 Å². The number of nitrogens with zero attached hydrogens (tertiary/aromatic N) is 2. The second-order valence-corrected chi connectivity index (χ2v) is 9.91. The first-order chi connectivity index (χ1) is 18.3. The lowest BCUT2D eigenvalue weighted by atomic mass is 9.98. The van der Waals surface area contributed by atoms with Crippen LogP contribution in [0.4, 0.5) is 5.69 Å². The fraction of sp³-hybridized carbons (Fsp3) is 0.133. The van der Waals surface area contributed by atoms with Crippen LogP contribution in [-0.4, -0.2) is 34.3 Å². The highest BCUT2D eigenvalue weighted by molar-refractivity contribution is 8.00. The minimum absolute atomic E-state index is 0.0754. The van der Waals surface area contributed by atoms with Gasteiger partial charge in [-0.2, -0.15) is 5.26 Å². The Morgan fingerprint density at radius 1 is 1.03 bits per heavy atom. The lowest BCUT2D eigenvalue weighted by Crippen LogP contribution is -2.23. The van der Waals surface area contributed by atoms with Crippen LogP contribution in [0.2, 0.25) is 0 Å². The van der Waals surface area contributed by atoms with Gasteiger partial charge in [0.2, 0.25) is 5.91 Å². The molecule has 0 bridgehead atoms. The Kier molecular flexibility index (Phi) is 8.09. The molecule has 0 fully saturated rings. The molecule has 0 spiro atoms. The maximum absolute atomic E-state index is 13.0. The SMILES string of the molecule is COc1ccc(-c2cc(-c3ccc(C)cc3)c(C#N)c(SC(C)C(=O)Nc3cccc(C(=O)O)c3)n2)cc1. The number of methoxy groups -OCH3 is 1. The van der Waals surface area contributed by atoms with Gasteiger partial charge in [-0.15, -0.1) is 0 Å². The fourth-order valence-corrected chi connectivity index (χ4v) is 4.71. The monoisotopic (exact) mass is 523 g/mol. The van der Waals surface area contributed by atoms with Gasteiger partial charge in [0.25, 0.3) is 0 Å². The predicted molar refractivity (Wildman–Crippen MR) is 148 cm³/mol. The van der Waals surface area contributed by atoms with Gasteiger partial charge in [0, 0.05) is 16.8 Å². The number of thioether (sulfide) groups is 1. The van der Waals surface area contributed by atoms with Gasteiger partial charge in [-0.25, -0.2) is 9.78 Å². The molecule has 7 nitrogen and oxygen atoms in total. The van der Waals surface area contributed by atoms with Crippen molar-refractivity contribution in [2.24, 2.45) is 0 Å². The Labute approximate surface area is 225 Å².